The number of hydrogen-bond donors (Lipinski definition) is 1. The van der Waals surface area contributed by atoms with Crippen LogP contribution in [-0.2, 0) is 0 Å². The van der Waals surface area contributed by atoms with Crippen LogP contribution in [0.15, 0.2) is 60.8 Å². The van der Waals surface area contributed by atoms with Crippen LogP contribution in [0.2, 0.25) is 0 Å². The zero-order valence-corrected chi connectivity index (χ0v) is 14.6. The van der Waals surface area contributed by atoms with Crippen molar-refractivity contribution in [3.8, 4) is 17.3 Å². The first-order valence-electron chi connectivity index (χ1n) is 8.51. The molecule has 4 aromatic rings. The zero-order valence-electron chi connectivity index (χ0n) is 14.6. The van der Waals surface area contributed by atoms with Gasteiger partial charge < -0.3 is 10.1 Å². The molecule has 0 unspecified atom stereocenters. The van der Waals surface area contributed by atoms with Gasteiger partial charge in [-0.2, -0.15) is 4.52 Å². The van der Waals surface area contributed by atoms with E-state index in [9.17, 15) is 9.18 Å². The van der Waals surface area contributed by atoms with Crippen LogP contribution >= 0.6 is 0 Å². The summed E-state index contributed by atoms with van der Waals surface area (Å²) in [6.07, 6.45) is 1.56. The molecule has 0 saturated carbocycles. The van der Waals surface area contributed by atoms with E-state index in [2.05, 4.69) is 25.6 Å². The first kappa shape index (κ1) is 17.5. The molecule has 9 heteroatoms. The van der Waals surface area contributed by atoms with Crippen LogP contribution < -0.4 is 10.1 Å². The van der Waals surface area contributed by atoms with Crippen molar-refractivity contribution >= 4 is 11.6 Å². The van der Waals surface area contributed by atoms with E-state index in [1.807, 2.05) is 0 Å². The van der Waals surface area contributed by atoms with E-state index in [1.165, 1.54) is 16.6 Å². The Kier molecular flexibility index (Phi) is 4.87. The van der Waals surface area contributed by atoms with Gasteiger partial charge >= 0.3 is 0 Å². The minimum absolute atomic E-state index is 0.227. The lowest BCUT2D eigenvalue weighted by molar-refractivity contribution is 0.0941. The van der Waals surface area contributed by atoms with E-state index in [0.29, 0.717) is 35.2 Å². The highest BCUT2D eigenvalue weighted by atomic mass is 19.1. The Hall–Kier alpha value is -3.88. The predicted molar refractivity (Wildman–Crippen MR) is 98.2 cm³/mol. The predicted octanol–water partition coefficient (Wildman–Crippen LogP) is 2.13. The van der Waals surface area contributed by atoms with Crippen molar-refractivity contribution in [1.82, 2.24) is 30.1 Å². The highest BCUT2D eigenvalue weighted by molar-refractivity contribution is 5.92. The third-order valence-electron chi connectivity index (χ3n) is 3.88. The standard InChI is InChI=1S/C19H15FN6O2/c20-14-6-4-13(5-7-14)18-24-23-16-8-9-17(25-26(16)18)28-12-11-22-19(27)15-3-1-2-10-21-15/h1-10H,11-12H2,(H,22,27). The summed E-state index contributed by atoms with van der Waals surface area (Å²) in [6.45, 7) is 0.521. The van der Waals surface area contributed by atoms with Gasteiger partial charge in [0.1, 0.15) is 18.1 Å². The third kappa shape index (κ3) is 3.78. The van der Waals surface area contributed by atoms with Crippen LogP contribution in [0.25, 0.3) is 17.0 Å². The molecule has 0 bridgehead atoms. The maximum atomic E-state index is 13.1. The zero-order chi connectivity index (χ0) is 19.3. The van der Waals surface area contributed by atoms with Gasteiger partial charge in [0, 0.05) is 17.8 Å². The molecule has 0 fully saturated rings. The Morgan fingerprint density at radius 2 is 1.93 bits per heavy atom. The first-order chi connectivity index (χ1) is 13.7. The van der Waals surface area contributed by atoms with Gasteiger partial charge in [0.05, 0.1) is 6.54 Å². The van der Waals surface area contributed by atoms with Crippen molar-refractivity contribution < 1.29 is 13.9 Å². The quantitative estimate of drug-likeness (QED) is 0.517. The molecule has 0 spiro atoms. The largest absolute Gasteiger partial charge is 0.475 e. The maximum Gasteiger partial charge on any atom is 0.269 e. The number of benzene rings is 1. The molecule has 0 atom stereocenters. The molecule has 0 aliphatic carbocycles. The second kappa shape index (κ2) is 7.78. The van der Waals surface area contributed by atoms with Gasteiger partial charge in [0.2, 0.25) is 5.88 Å². The molecule has 8 nitrogen and oxygen atoms in total. The number of pyridine rings is 1. The fourth-order valence-corrected chi connectivity index (χ4v) is 2.54. The second-order valence-corrected chi connectivity index (χ2v) is 5.79. The van der Waals surface area contributed by atoms with Crippen molar-refractivity contribution in [2.24, 2.45) is 0 Å². The third-order valence-corrected chi connectivity index (χ3v) is 3.88. The van der Waals surface area contributed by atoms with E-state index in [4.69, 9.17) is 4.74 Å². The Morgan fingerprint density at radius 1 is 1.07 bits per heavy atom. The molecule has 0 aliphatic rings. The van der Waals surface area contributed by atoms with E-state index in [0.717, 1.165) is 0 Å². The van der Waals surface area contributed by atoms with Gasteiger partial charge in [-0.05, 0) is 42.5 Å². The maximum absolute atomic E-state index is 13.1. The van der Waals surface area contributed by atoms with Gasteiger partial charge in [0.15, 0.2) is 11.5 Å². The summed E-state index contributed by atoms with van der Waals surface area (Å²) < 4.78 is 20.3. The molecular weight excluding hydrogens is 363 g/mol. The van der Waals surface area contributed by atoms with Crippen LogP contribution in [0, 0.1) is 5.82 Å². The lowest BCUT2D eigenvalue weighted by atomic mass is 10.2. The molecule has 4 rings (SSSR count). The summed E-state index contributed by atoms with van der Waals surface area (Å²) in [4.78, 5) is 15.9. The fraction of sp³-hybridized carbons (Fsp3) is 0.105. The smallest absolute Gasteiger partial charge is 0.269 e. The molecule has 0 aliphatic heterocycles. The van der Waals surface area contributed by atoms with Crippen molar-refractivity contribution in [1.29, 1.82) is 0 Å². The minimum atomic E-state index is -0.331. The topological polar surface area (TPSA) is 94.3 Å². The molecular formula is C19H15FN6O2. The molecule has 1 aromatic carbocycles. The fourth-order valence-electron chi connectivity index (χ4n) is 2.54. The first-order valence-corrected chi connectivity index (χ1v) is 8.51. The Balaban J connectivity index is 1.41. The normalized spacial score (nSPS) is 10.8. The van der Waals surface area contributed by atoms with E-state index < -0.39 is 0 Å². The van der Waals surface area contributed by atoms with Crippen molar-refractivity contribution in [3.63, 3.8) is 0 Å². The summed E-state index contributed by atoms with van der Waals surface area (Å²) in [5.74, 6) is 0.221. The van der Waals surface area contributed by atoms with Gasteiger partial charge in [-0.25, -0.2) is 4.39 Å². The molecule has 1 amide bonds. The average Bonchev–Trinajstić information content (AvgIpc) is 3.15. The number of halogens is 1. The number of aromatic nitrogens is 5. The number of rotatable bonds is 6. The Bertz CT molecular complexity index is 1100. The summed E-state index contributed by atoms with van der Waals surface area (Å²) in [5.41, 5.74) is 1.56. The average molecular weight is 378 g/mol. The van der Waals surface area contributed by atoms with Crippen LogP contribution in [0.5, 0.6) is 5.88 Å². The molecule has 3 heterocycles. The molecule has 3 aromatic heterocycles. The second-order valence-electron chi connectivity index (χ2n) is 5.79. The Labute approximate surface area is 159 Å². The van der Waals surface area contributed by atoms with Gasteiger partial charge in [-0.1, -0.05) is 6.07 Å². The van der Waals surface area contributed by atoms with Crippen molar-refractivity contribution in [2.45, 2.75) is 0 Å². The van der Waals surface area contributed by atoms with Crippen LogP contribution in [0.3, 0.4) is 0 Å². The number of nitrogens with one attached hydrogen (secondary N) is 1. The number of carbonyl (C=O) groups excluding carboxylic acids is 1. The molecule has 140 valence electrons. The van der Waals surface area contributed by atoms with Gasteiger partial charge in [0.25, 0.3) is 5.91 Å². The molecule has 1 N–H and O–H groups in total. The summed E-state index contributed by atoms with van der Waals surface area (Å²) in [5, 5.41) is 15.2. The molecule has 0 radical (unpaired) electrons. The number of fused-ring (bicyclic) bond motifs is 1. The van der Waals surface area contributed by atoms with Crippen LogP contribution in [-0.4, -0.2) is 43.9 Å². The highest BCUT2D eigenvalue weighted by Crippen LogP contribution is 2.19. The lowest BCUT2D eigenvalue weighted by Crippen LogP contribution is -2.28. The molecule has 28 heavy (non-hydrogen) atoms. The molecule has 0 saturated heterocycles. The highest BCUT2D eigenvalue weighted by Gasteiger charge is 2.11. The number of carbonyl (C=O) groups is 1. The summed E-state index contributed by atoms with van der Waals surface area (Å²) in [7, 11) is 0. The van der Waals surface area contributed by atoms with Gasteiger partial charge in [-0.3, -0.25) is 9.78 Å². The van der Waals surface area contributed by atoms with E-state index >= 15 is 0 Å². The number of nitrogens with zero attached hydrogens (tertiary/aromatic N) is 5. The van der Waals surface area contributed by atoms with E-state index in [-0.39, 0.29) is 18.3 Å². The summed E-state index contributed by atoms with van der Waals surface area (Å²) in [6, 6.07) is 14.4. The van der Waals surface area contributed by atoms with Crippen LogP contribution in [0.1, 0.15) is 10.5 Å². The van der Waals surface area contributed by atoms with E-state index in [1.54, 1.807) is 48.7 Å². The lowest BCUT2D eigenvalue weighted by Gasteiger charge is -2.07. The van der Waals surface area contributed by atoms with Crippen molar-refractivity contribution in [2.75, 3.05) is 13.2 Å². The SMILES string of the molecule is O=C(NCCOc1ccc2nnc(-c3ccc(F)cc3)n2n1)c1ccccn1. The number of ether oxygens (including phenoxy) is 1. The van der Waals surface area contributed by atoms with Gasteiger partial charge in [-0.15, -0.1) is 15.3 Å². The minimum Gasteiger partial charge on any atom is -0.475 e. The monoisotopic (exact) mass is 378 g/mol. The Morgan fingerprint density at radius 3 is 2.71 bits per heavy atom. The van der Waals surface area contributed by atoms with Crippen molar-refractivity contribution in [3.05, 3.63) is 72.3 Å². The van der Waals surface area contributed by atoms with Crippen LogP contribution in [0.4, 0.5) is 4.39 Å². The summed E-state index contributed by atoms with van der Waals surface area (Å²) >= 11 is 0. The number of amides is 1. The number of hydrogen-bond acceptors (Lipinski definition) is 6.